The van der Waals surface area contributed by atoms with Gasteiger partial charge in [0.2, 0.25) is 0 Å². The highest BCUT2D eigenvalue weighted by molar-refractivity contribution is 9.10. The Morgan fingerprint density at radius 3 is 2.81 bits per heavy atom. The molecule has 2 aromatic carbocycles. The first-order valence-electron chi connectivity index (χ1n) is 7.05. The highest BCUT2D eigenvalue weighted by Crippen LogP contribution is 2.24. The van der Waals surface area contributed by atoms with Gasteiger partial charge in [-0.2, -0.15) is 0 Å². The standard InChI is InChI=1S/C18H17BrN2/c1-13(16-7-2-3-8-18(16)19)21-12-15-6-4-5-14-11-20-10-9-17(14)15/h2-11,13,21H,12H2,1H3/t13-/m0/s1. The van der Waals surface area contributed by atoms with E-state index in [0.29, 0.717) is 0 Å². The average molecular weight is 341 g/mol. The Labute approximate surface area is 133 Å². The third-order valence-electron chi connectivity index (χ3n) is 3.74. The Morgan fingerprint density at radius 2 is 1.95 bits per heavy atom. The van der Waals surface area contributed by atoms with E-state index in [-0.39, 0.29) is 6.04 Å². The van der Waals surface area contributed by atoms with Gasteiger partial charge in [0.05, 0.1) is 0 Å². The summed E-state index contributed by atoms with van der Waals surface area (Å²) < 4.78 is 1.15. The van der Waals surface area contributed by atoms with Crippen molar-refractivity contribution in [3.05, 3.63) is 76.5 Å². The van der Waals surface area contributed by atoms with Crippen molar-refractivity contribution in [2.75, 3.05) is 0 Å². The Morgan fingerprint density at radius 1 is 1.10 bits per heavy atom. The van der Waals surface area contributed by atoms with Crippen LogP contribution >= 0.6 is 15.9 Å². The molecule has 0 unspecified atom stereocenters. The number of hydrogen-bond donors (Lipinski definition) is 1. The van der Waals surface area contributed by atoms with E-state index in [1.54, 1.807) is 0 Å². The van der Waals surface area contributed by atoms with Gasteiger partial charge in [-0.25, -0.2) is 0 Å². The number of benzene rings is 2. The van der Waals surface area contributed by atoms with Gasteiger partial charge < -0.3 is 5.32 Å². The first kappa shape index (κ1) is 14.2. The average Bonchev–Trinajstić information content (AvgIpc) is 2.53. The van der Waals surface area contributed by atoms with Crippen molar-refractivity contribution in [3.63, 3.8) is 0 Å². The fourth-order valence-electron chi connectivity index (χ4n) is 2.54. The Balaban J connectivity index is 1.79. The van der Waals surface area contributed by atoms with Gasteiger partial charge in [0.25, 0.3) is 0 Å². The number of nitrogens with zero attached hydrogens (tertiary/aromatic N) is 1. The summed E-state index contributed by atoms with van der Waals surface area (Å²) in [5, 5.41) is 6.05. The molecule has 1 heterocycles. The highest BCUT2D eigenvalue weighted by Gasteiger charge is 2.09. The minimum atomic E-state index is 0.290. The minimum absolute atomic E-state index is 0.290. The van der Waals surface area contributed by atoms with E-state index in [1.807, 2.05) is 18.5 Å². The Kier molecular flexibility index (Phi) is 4.32. The summed E-state index contributed by atoms with van der Waals surface area (Å²) in [5.74, 6) is 0. The molecule has 0 spiro atoms. The Bertz CT molecular complexity index is 750. The predicted octanol–water partition coefficient (Wildman–Crippen LogP) is 4.85. The van der Waals surface area contributed by atoms with Crippen molar-refractivity contribution >= 4 is 26.7 Å². The second-order valence-corrected chi connectivity index (χ2v) is 5.99. The lowest BCUT2D eigenvalue weighted by molar-refractivity contribution is 0.574. The molecule has 0 amide bonds. The van der Waals surface area contributed by atoms with Crippen LogP contribution in [0.1, 0.15) is 24.1 Å². The molecule has 1 atom stereocenters. The molecular formula is C18H17BrN2. The van der Waals surface area contributed by atoms with E-state index in [2.05, 4.69) is 75.6 Å². The van der Waals surface area contributed by atoms with Crippen LogP contribution in [-0.4, -0.2) is 4.98 Å². The number of hydrogen-bond acceptors (Lipinski definition) is 2. The smallest absolute Gasteiger partial charge is 0.0346 e. The van der Waals surface area contributed by atoms with E-state index in [0.717, 1.165) is 11.0 Å². The zero-order valence-electron chi connectivity index (χ0n) is 11.9. The lowest BCUT2D eigenvalue weighted by Gasteiger charge is -2.16. The highest BCUT2D eigenvalue weighted by atomic mass is 79.9. The molecule has 1 aromatic heterocycles. The second-order valence-electron chi connectivity index (χ2n) is 5.14. The molecule has 3 rings (SSSR count). The lowest BCUT2D eigenvalue weighted by Crippen LogP contribution is -2.18. The SMILES string of the molecule is C[C@H](NCc1cccc2cnccc12)c1ccccc1Br. The number of nitrogens with one attached hydrogen (secondary N) is 1. The third-order valence-corrected chi connectivity index (χ3v) is 4.46. The van der Waals surface area contributed by atoms with Crippen LogP contribution in [0.5, 0.6) is 0 Å². The molecule has 106 valence electrons. The molecule has 0 radical (unpaired) electrons. The largest absolute Gasteiger partial charge is 0.306 e. The summed E-state index contributed by atoms with van der Waals surface area (Å²) in [6.07, 6.45) is 3.76. The van der Waals surface area contributed by atoms with E-state index in [4.69, 9.17) is 0 Å². The van der Waals surface area contributed by atoms with Crippen LogP contribution in [0.4, 0.5) is 0 Å². The number of halogens is 1. The summed E-state index contributed by atoms with van der Waals surface area (Å²) in [6.45, 7) is 3.02. The molecule has 1 N–H and O–H groups in total. The number of fused-ring (bicyclic) bond motifs is 1. The zero-order valence-corrected chi connectivity index (χ0v) is 13.5. The normalized spacial score (nSPS) is 12.5. The molecule has 0 saturated heterocycles. The molecule has 0 aliphatic carbocycles. The maximum atomic E-state index is 4.18. The van der Waals surface area contributed by atoms with Crippen LogP contribution < -0.4 is 5.32 Å². The summed E-state index contributed by atoms with van der Waals surface area (Å²) in [6, 6.07) is 17.1. The van der Waals surface area contributed by atoms with Crippen LogP contribution in [-0.2, 0) is 6.54 Å². The van der Waals surface area contributed by atoms with Crippen molar-refractivity contribution in [1.82, 2.24) is 10.3 Å². The molecule has 0 aliphatic heterocycles. The van der Waals surface area contributed by atoms with Gasteiger partial charge in [0.1, 0.15) is 0 Å². The molecule has 0 bridgehead atoms. The van der Waals surface area contributed by atoms with Gasteiger partial charge in [-0.3, -0.25) is 4.98 Å². The van der Waals surface area contributed by atoms with Crippen LogP contribution in [0.25, 0.3) is 10.8 Å². The van der Waals surface area contributed by atoms with Crippen molar-refractivity contribution < 1.29 is 0 Å². The zero-order chi connectivity index (χ0) is 14.7. The molecule has 0 aliphatic rings. The van der Waals surface area contributed by atoms with Crippen LogP contribution in [0.3, 0.4) is 0 Å². The van der Waals surface area contributed by atoms with Crippen LogP contribution in [0.2, 0.25) is 0 Å². The fourth-order valence-corrected chi connectivity index (χ4v) is 3.17. The topological polar surface area (TPSA) is 24.9 Å². The first-order chi connectivity index (χ1) is 10.3. The maximum Gasteiger partial charge on any atom is 0.0346 e. The van der Waals surface area contributed by atoms with Gasteiger partial charge >= 0.3 is 0 Å². The molecule has 3 heteroatoms. The van der Waals surface area contributed by atoms with Crippen molar-refractivity contribution in [1.29, 1.82) is 0 Å². The van der Waals surface area contributed by atoms with Gasteiger partial charge in [0.15, 0.2) is 0 Å². The monoisotopic (exact) mass is 340 g/mol. The van der Waals surface area contributed by atoms with Crippen LogP contribution in [0.15, 0.2) is 65.4 Å². The van der Waals surface area contributed by atoms with Gasteiger partial charge in [0, 0.05) is 34.8 Å². The first-order valence-corrected chi connectivity index (χ1v) is 7.84. The van der Waals surface area contributed by atoms with Gasteiger partial charge in [-0.05, 0) is 35.6 Å². The molecule has 0 saturated carbocycles. The molecule has 21 heavy (non-hydrogen) atoms. The third kappa shape index (κ3) is 3.14. The predicted molar refractivity (Wildman–Crippen MR) is 91.1 cm³/mol. The minimum Gasteiger partial charge on any atom is -0.306 e. The molecule has 2 nitrogen and oxygen atoms in total. The summed E-state index contributed by atoms with van der Waals surface area (Å²) in [5.41, 5.74) is 2.58. The fraction of sp³-hybridized carbons (Fsp3) is 0.167. The Hall–Kier alpha value is -1.71. The van der Waals surface area contributed by atoms with Gasteiger partial charge in [-0.1, -0.05) is 52.3 Å². The van der Waals surface area contributed by atoms with Crippen LogP contribution in [0, 0.1) is 0 Å². The summed E-state index contributed by atoms with van der Waals surface area (Å²) in [4.78, 5) is 4.18. The molecule has 3 aromatic rings. The van der Waals surface area contributed by atoms with E-state index < -0.39 is 0 Å². The van der Waals surface area contributed by atoms with Crippen molar-refractivity contribution in [2.45, 2.75) is 19.5 Å². The summed E-state index contributed by atoms with van der Waals surface area (Å²) in [7, 11) is 0. The lowest BCUT2D eigenvalue weighted by atomic mass is 10.1. The number of pyridine rings is 1. The quantitative estimate of drug-likeness (QED) is 0.734. The maximum absolute atomic E-state index is 4.18. The van der Waals surface area contributed by atoms with E-state index in [9.17, 15) is 0 Å². The van der Waals surface area contributed by atoms with Crippen molar-refractivity contribution in [3.8, 4) is 0 Å². The summed E-state index contributed by atoms with van der Waals surface area (Å²) >= 11 is 3.61. The number of rotatable bonds is 4. The number of aromatic nitrogens is 1. The molecule has 0 fully saturated rings. The molecular weight excluding hydrogens is 324 g/mol. The van der Waals surface area contributed by atoms with E-state index >= 15 is 0 Å². The van der Waals surface area contributed by atoms with E-state index in [1.165, 1.54) is 21.9 Å². The van der Waals surface area contributed by atoms with Gasteiger partial charge in [-0.15, -0.1) is 0 Å². The second kappa shape index (κ2) is 6.37. The van der Waals surface area contributed by atoms with Crippen molar-refractivity contribution in [2.24, 2.45) is 0 Å².